The fraction of sp³-hybridized carbons (Fsp3) is 0.467. The predicted molar refractivity (Wildman–Crippen MR) is 79.8 cm³/mol. The van der Waals surface area contributed by atoms with E-state index in [1.165, 1.54) is 0 Å². The number of carbonyl (C=O) groups excluding carboxylic acids is 1. The second kappa shape index (κ2) is 6.79. The smallest absolute Gasteiger partial charge is 0.327 e. The van der Waals surface area contributed by atoms with Crippen molar-refractivity contribution in [2.24, 2.45) is 0 Å². The number of thioether (sulfide) groups is 1. The van der Waals surface area contributed by atoms with Crippen molar-refractivity contribution in [2.45, 2.75) is 37.6 Å². The molecule has 1 heterocycles. The highest BCUT2D eigenvalue weighted by atomic mass is 32.2. The molecule has 4 nitrogen and oxygen atoms in total. The number of aliphatic carboxylic acids is 1. The third kappa shape index (κ3) is 3.15. The predicted octanol–water partition coefficient (Wildman–Crippen LogP) is 2.85. The van der Waals surface area contributed by atoms with Gasteiger partial charge in [-0.3, -0.25) is 4.79 Å². The summed E-state index contributed by atoms with van der Waals surface area (Å²) in [7, 11) is 0. The SMILES string of the molecule is CCCCC1SCC(C(=O)O)N1C(=O)c1ccccc1. The maximum atomic E-state index is 12.6. The van der Waals surface area contributed by atoms with Gasteiger partial charge in [0.15, 0.2) is 0 Å². The minimum atomic E-state index is -0.916. The van der Waals surface area contributed by atoms with Crippen molar-refractivity contribution in [1.29, 1.82) is 0 Å². The van der Waals surface area contributed by atoms with Gasteiger partial charge in [-0.15, -0.1) is 11.8 Å². The molecular weight excluding hydrogens is 274 g/mol. The molecule has 0 spiro atoms. The highest BCUT2D eigenvalue weighted by Crippen LogP contribution is 2.33. The van der Waals surface area contributed by atoms with E-state index in [0.29, 0.717) is 11.3 Å². The Balaban J connectivity index is 2.21. The molecule has 0 aromatic heterocycles. The molecule has 0 saturated carbocycles. The largest absolute Gasteiger partial charge is 0.480 e. The van der Waals surface area contributed by atoms with Gasteiger partial charge in [-0.05, 0) is 18.6 Å². The average molecular weight is 293 g/mol. The summed E-state index contributed by atoms with van der Waals surface area (Å²) in [5, 5.41) is 9.29. The average Bonchev–Trinajstić information content (AvgIpc) is 2.89. The van der Waals surface area contributed by atoms with Crippen LogP contribution < -0.4 is 0 Å². The van der Waals surface area contributed by atoms with Crippen molar-refractivity contribution in [2.75, 3.05) is 5.75 Å². The highest BCUT2D eigenvalue weighted by molar-refractivity contribution is 8.00. The molecule has 1 aliphatic heterocycles. The maximum absolute atomic E-state index is 12.6. The van der Waals surface area contributed by atoms with Crippen molar-refractivity contribution in [3.8, 4) is 0 Å². The summed E-state index contributed by atoms with van der Waals surface area (Å²) in [5.41, 5.74) is 0.558. The van der Waals surface area contributed by atoms with Crippen LogP contribution in [0.1, 0.15) is 36.5 Å². The van der Waals surface area contributed by atoms with Gasteiger partial charge in [0.05, 0.1) is 5.37 Å². The number of rotatable bonds is 5. The Morgan fingerprint density at radius 3 is 2.65 bits per heavy atom. The Kier molecular flexibility index (Phi) is 5.06. The van der Waals surface area contributed by atoms with Crippen LogP contribution in [0, 0.1) is 0 Å². The molecule has 1 aromatic carbocycles. The van der Waals surface area contributed by atoms with E-state index in [-0.39, 0.29) is 11.3 Å². The lowest BCUT2D eigenvalue weighted by atomic mass is 10.1. The van der Waals surface area contributed by atoms with E-state index < -0.39 is 12.0 Å². The lowest BCUT2D eigenvalue weighted by molar-refractivity contribution is -0.141. The summed E-state index contributed by atoms with van der Waals surface area (Å²) in [6.07, 6.45) is 2.90. The third-order valence-corrected chi connectivity index (χ3v) is 4.79. The number of hydrogen-bond acceptors (Lipinski definition) is 3. The summed E-state index contributed by atoms with van der Waals surface area (Å²) in [4.78, 5) is 25.5. The zero-order valence-corrected chi connectivity index (χ0v) is 12.3. The van der Waals surface area contributed by atoms with Crippen LogP contribution in [-0.4, -0.2) is 39.1 Å². The molecule has 2 atom stereocenters. The monoisotopic (exact) mass is 293 g/mol. The molecule has 1 amide bonds. The van der Waals surface area contributed by atoms with Gasteiger partial charge in [-0.25, -0.2) is 4.79 Å². The lowest BCUT2D eigenvalue weighted by Crippen LogP contribution is -2.45. The number of benzene rings is 1. The van der Waals surface area contributed by atoms with Crippen molar-refractivity contribution in [3.05, 3.63) is 35.9 Å². The zero-order chi connectivity index (χ0) is 14.5. The normalized spacial score (nSPS) is 21.9. The zero-order valence-electron chi connectivity index (χ0n) is 11.5. The first-order valence-electron chi connectivity index (χ1n) is 6.87. The first kappa shape index (κ1) is 14.9. The standard InChI is InChI=1S/C15H19NO3S/c1-2-3-9-13-16(12(10-20-13)15(18)19)14(17)11-7-5-4-6-8-11/h4-8,12-13H,2-3,9-10H2,1H3,(H,18,19). The van der Waals surface area contributed by atoms with Gasteiger partial charge in [-0.1, -0.05) is 38.0 Å². The molecule has 108 valence electrons. The van der Waals surface area contributed by atoms with Gasteiger partial charge >= 0.3 is 5.97 Å². The molecule has 1 fully saturated rings. The van der Waals surface area contributed by atoms with E-state index in [4.69, 9.17) is 0 Å². The second-order valence-corrected chi connectivity index (χ2v) is 6.07. The van der Waals surface area contributed by atoms with Crippen LogP contribution in [0.25, 0.3) is 0 Å². The Morgan fingerprint density at radius 2 is 2.05 bits per heavy atom. The summed E-state index contributed by atoms with van der Waals surface area (Å²) in [6, 6.07) is 8.20. The first-order chi connectivity index (χ1) is 9.65. The van der Waals surface area contributed by atoms with E-state index in [2.05, 4.69) is 6.92 Å². The quantitative estimate of drug-likeness (QED) is 0.907. The van der Waals surface area contributed by atoms with E-state index in [1.807, 2.05) is 6.07 Å². The van der Waals surface area contributed by atoms with Crippen LogP contribution in [0.15, 0.2) is 30.3 Å². The van der Waals surface area contributed by atoms with Gasteiger partial charge in [-0.2, -0.15) is 0 Å². The van der Waals surface area contributed by atoms with Gasteiger partial charge in [0.2, 0.25) is 0 Å². The molecule has 1 aromatic rings. The lowest BCUT2D eigenvalue weighted by Gasteiger charge is -2.27. The molecule has 0 bridgehead atoms. The summed E-state index contributed by atoms with van der Waals surface area (Å²) in [5.74, 6) is -0.618. The van der Waals surface area contributed by atoms with E-state index in [0.717, 1.165) is 19.3 Å². The van der Waals surface area contributed by atoms with Crippen LogP contribution in [0.5, 0.6) is 0 Å². The van der Waals surface area contributed by atoms with Crippen molar-refractivity contribution in [3.63, 3.8) is 0 Å². The first-order valence-corrected chi connectivity index (χ1v) is 7.92. The molecule has 1 aliphatic rings. The third-order valence-electron chi connectivity index (χ3n) is 3.44. The summed E-state index contributed by atoms with van der Waals surface area (Å²) < 4.78 is 0. The highest BCUT2D eigenvalue weighted by Gasteiger charge is 2.41. The van der Waals surface area contributed by atoms with Crippen LogP contribution in [-0.2, 0) is 4.79 Å². The Morgan fingerprint density at radius 1 is 1.35 bits per heavy atom. The topological polar surface area (TPSA) is 57.6 Å². The fourth-order valence-corrected chi connectivity index (χ4v) is 3.80. The molecule has 2 unspecified atom stereocenters. The number of unbranched alkanes of at least 4 members (excludes halogenated alkanes) is 1. The van der Waals surface area contributed by atoms with Crippen LogP contribution in [0.3, 0.4) is 0 Å². The number of amides is 1. The molecule has 20 heavy (non-hydrogen) atoms. The fourth-order valence-electron chi connectivity index (χ4n) is 2.36. The van der Waals surface area contributed by atoms with Gasteiger partial charge in [0, 0.05) is 11.3 Å². The molecular formula is C15H19NO3S. The van der Waals surface area contributed by atoms with Crippen molar-refractivity contribution >= 4 is 23.6 Å². The van der Waals surface area contributed by atoms with E-state index in [1.54, 1.807) is 40.9 Å². The Hall–Kier alpha value is -1.49. The van der Waals surface area contributed by atoms with Gasteiger partial charge < -0.3 is 10.0 Å². The van der Waals surface area contributed by atoms with Crippen molar-refractivity contribution in [1.82, 2.24) is 4.90 Å². The molecule has 5 heteroatoms. The summed E-state index contributed by atoms with van der Waals surface area (Å²) >= 11 is 1.57. The Bertz CT molecular complexity index is 477. The number of carbonyl (C=O) groups is 2. The van der Waals surface area contributed by atoms with Crippen LogP contribution >= 0.6 is 11.8 Å². The van der Waals surface area contributed by atoms with E-state index in [9.17, 15) is 14.7 Å². The number of nitrogens with zero attached hydrogens (tertiary/aromatic N) is 1. The molecule has 0 aliphatic carbocycles. The van der Waals surface area contributed by atoms with E-state index >= 15 is 0 Å². The second-order valence-electron chi connectivity index (χ2n) is 4.86. The van der Waals surface area contributed by atoms with Crippen molar-refractivity contribution < 1.29 is 14.7 Å². The molecule has 1 N–H and O–H groups in total. The molecule has 0 radical (unpaired) electrons. The Labute approximate surface area is 123 Å². The van der Waals surface area contributed by atoms with Crippen LogP contribution in [0.4, 0.5) is 0 Å². The maximum Gasteiger partial charge on any atom is 0.327 e. The minimum Gasteiger partial charge on any atom is -0.480 e. The summed E-state index contributed by atoms with van der Waals surface area (Å²) in [6.45, 7) is 2.09. The number of carboxylic acids is 1. The van der Waals surface area contributed by atoms with Gasteiger partial charge in [0.25, 0.3) is 5.91 Å². The minimum absolute atomic E-state index is 0.0243. The molecule has 1 saturated heterocycles. The van der Waals surface area contributed by atoms with Crippen LogP contribution in [0.2, 0.25) is 0 Å². The molecule has 2 rings (SSSR count). The number of hydrogen-bond donors (Lipinski definition) is 1. The van der Waals surface area contributed by atoms with Gasteiger partial charge in [0.1, 0.15) is 6.04 Å². The number of carboxylic acid groups (broad SMARTS) is 1.